The summed E-state index contributed by atoms with van der Waals surface area (Å²) in [5, 5.41) is 9.34. The zero-order valence-electron chi connectivity index (χ0n) is 9.71. The number of carboxylic acids is 1. The van der Waals surface area contributed by atoms with Crippen LogP contribution in [0.15, 0.2) is 23.4 Å². The minimum Gasteiger partial charge on any atom is -0.478 e. The van der Waals surface area contributed by atoms with E-state index in [-0.39, 0.29) is 17.2 Å². The van der Waals surface area contributed by atoms with Crippen molar-refractivity contribution in [1.82, 2.24) is 9.88 Å². The van der Waals surface area contributed by atoms with Gasteiger partial charge in [0.05, 0.1) is 16.3 Å². The van der Waals surface area contributed by atoms with Crippen LogP contribution in [-0.2, 0) is 4.79 Å². The van der Waals surface area contributed by atoms with Gasteiger partial charge in [-0.1, -0.05) is 11.8 Å². The third kappa shape index (κ3) is 4.07. The van der Waals surface area contributed by atoms with Crippen LogP contribution in [0.2, 0.25) is 0 Å². The van der Waals surface area contributed by atoms with Gasteiger partial charge < -0.3 is 10.0 Å². The number of pyridine rings is 1. The normalized spacial score (nSPS) is 10.0. The van der Waals surface area contributed by atoms with E-state index < -0.39 is 5.97 Å². The van der Waals surface area contributed by atoms with Crippen LogP contribution in [0, 0.1) is 0 Å². The summed E-state index contributed by atoms with van der Waals surface area (Å²) < 4.78 is 0. The molecule has 0 aliphatic carbocycles. The second-order valence-corrected chi connectivity index (χ2v) is 4.38. The molecule has 0 saturated carbocycles. The molecule has 0 radical (unpaired) electrons. The molecule has 0 aromatic carbocycles. The highest BCUT2D eigenvalue weighted by Gasteiger charge is 2.09. The Bertz CT molecular complexity index is 423. The summed E-state index contributed by atoms with van der Waals surface area (Å²) in [5.74, 6) is -0.730. The summed E-state index contributed by atoms with van der Waals surface area (Å²) in [6.45, 7) is 2.55. The number of rotatable bonds is 5. The lowest BCUT2D eigenvalue weighted by Crippen LogP contribution is -2.27. The fraction of sp³-hybridized carbons (Fsp3) is 0.364. The predicted octanol–water partition coefficient (Wildman–Crippen LogP) is 1.35. The van der Waals surface area contributed by atoms with E-state index in [2.05, 4.69) is 4.98 Å². The van der Waals surface area contributed by atoms with Gasteiger partial charge in [0.1, 0.15) is 0 Å². The van der Waals surface area contributed by atoms with Crippen molar-refractivity contribution in [3.8, 4) is 0 Å². The van der Waals surface area contributed by atoms with Gasteiger partial charge in [0, 0.05) is 19.8 Å². The van der Waals surface area contributed by atoms with Crippen LogP contribution in [-0.4, -0.2) is 46.2 Å². The number of thioether (sulfide) groups is 1. The van der Waals surface area contributed by atoms with E-state index in [0.717, 1.165) is 0 Å². The lowest BCUT2D eigenvalue weighted by molar-refractivity contribution is -0.126. The highest BCUT2D eigenvalue weighted by atomic mass is 32.2. The summed E-state index contributed by atoms with van der Waals surface area (Å²) in [7, 11) is 1.73. The second-order valence-electron chi connectivity index (χ2n) is 3.38. The molecular formula is C11H14N2O3S. The molecule has 0 unspecified atom stereocenters. The monoisotopic (exact) mass is 254 g/mol. The average Bonchev–Trinajstić information content (AvgIpc) is 2.35. The first kappa shape index (κ1) is 13.5. The Morgan fingerprint density at radius 3 is 2.82 bits per heavy atom. The molecule has 1 aromatic rings. The standard InChI is InChI=1S/C11H14N2O3S/c1-3-13(2)10(14)7-17-9-6-8(11(15)16)4-5-12-9/h4-6H,3,7H2,1-2H3,(H,15,16). The molecule has 17 heavy (non-hydrogen) atoms. The average molecular weight is 254 g/mol. The molecule has 92 valence electrons. The van der Waals surface area contributed by atoms with E-state index in [9.17, 15) is 9.59 Å². The maximum atomic E-state index is 11.5. The van der Waals surface area contributed by atoms with Gasteiger partial charge in [-0.3, -0.25) is 4.79 Å². The molecule has 0 saturated heterocycles. The SMILES string of the molecule is CCN(C)C(=O)CSc1cc(C(=O)O)ccn1. The van der Waals surface area contributed by atoms with Crippen LogP contribution in [0.4, 0.5) is 0 Å². The summed E-state index contributed by atoms with van der Waals surface area (Å²) in [4.78, 5) is 27.9. The van der Waals surface area contributed by atoms with Gasteiger partial charge in [-0.25, -0.2) is 9.78 Å². The quantitative estimate of drug-likeness (QED) is 0.803. The Balaban J connectivity index is 2.60. The molecule has 1 rings (SSSR count). The Hall–Kier alpha value is -1.56. The molecule has 0 aliphatic rings. The van der Waals surface area contributed by atoms with E-state index in [1.807, 2.05) is 6.92 Å². The topological polar surface area (TPSA) is 70.5 Å². The molecule has 6 heteroatoms. The van der Waals surface area contributed by atoms with Crippen molar-refractivity contribution in [2.24, 2.45) is 0 Å². The largest absolute Gasteiger partial charge is 0.478 e. The van der Waals surface area contributed by atoms with Crippen molar-refractivity contribution >= 4 is 23.6 Å². The van der Waals surface area contributed by atoms with Crippen LogP contribution in [0.25, 0.3) is 0 Å². The number of carbonyl (C=O) groups is 2. The van der Waals surface area contributed by atoms with E-state index >= 15 is 0 Å². The molecular weight excluding hydrogens is 240 g/mol. The maximum Gasteiger partial charge on any atom is 0.335 e. The molecule has 5 nitrogen and oxygen atoms in total. The van der Waals surface area contributed by atoms with Crippen molar-refractivity contribution in [1.29, 1.82) is 0 Å². The summed E-state index contributed by atoms with van der Waals surface area (Å²) in [5.41, 5.74) is 0.179. The number of aromatic nitrogens is 1. The first-order valence-corrected chi connectivity index (χ1v) is 6.09. The van der Waals surface area contributed by atoms with Crippen LogP contribution >= 0.6 is 11.8 Å². The Morgan fingerprint density at radius 1 is 1.53 bits per heavy atom. The molecule has 0 atom stereocenters. The van der Waals surface area contributed by atoms with Crippen molar-refractivity contribution in [2.75, 3.05) is 19.3 Å². The first-order valence-electron chi connectivity index (χ1n) is 5.10. The van der Waals surface area contributed by atoms with Gasteiger partial charge in [-0.15, -0.1) is 0 Å². The number of nitrogens with zero attached hydrogens (tertiary/aromatic N) is 2. The third-order valence-corrected chi connectivity index (χ3v) is 3.14. The minimum absolute atomic E-state index is 0.0000260. The zero-order valence-corrected chi connectivity index (χ0v) is 10.5. The molecule has 0 fully saturated rings. The van der Waals surface area contributed by atoms with Crippen molar-refractivity contribution in [3.05, 3.63) is 23.9 Å². The number of hydrogen-bond donors (Lipinski definition) is 1. The summed E-state index contributed by atoms with van der Waals surface area (Å²) in [6.07, 6.45) is 1.43. The Kier molecular flexibility index (Phi) is 4.96. The van der Waals surface area contributed by atoms with Crippen molar-refractivity contribution in [3.63, 3.8) is 0 Å². The summed E-state index contributed by atoms with van der Waals surface area (Å²) >= 11 is 1.24. The van der Waals surface area contributed by atoms with Gasteiger partial charge in [-0.2, -0.15) is 0 Å². The lowest BCUT2D eigenvalue weighted by atomic mass is 10.3. The van der Waals surface area contributed by atoms with Gasteiger partial charge in [-0.05, 0) is 19.1 Å². The fourth-order valence-corrected chi connectivity index (χ4v) is 1.88. The van der Waals surface area contributed by atoms with Crippen LogP contribution in [0.5, 0.6) is 0 Å². The zero-order chi connectivity index (χ0) is 12.8. The highest BCUT2D eigenvalue weighted by molar-refractivity contribution is 7.99. The highest BCUT2D eigenvalue weighted by Crippen LogP contribution is 2.16. The van der Waals surface area contributed by atoms with Gasteiger partial charge in [0.2, 0.25) is 5.91 Å². The van der Waals surface area contributed by atoms with Crippen molar-refractivity contribution in [2.45, 2.75) is 11.9 Å². The minimum atomic E-state index is -0.994. The molecule has 1 aromatic heterocycles. The second kappa shape index (κ2) is 6.24. The molecule has 0 aliphatic heterocycles. The van der Waals surface area contributed by atoms with Gasteiger partial charge in [0.15, 0.2) is 0 Å². The van der Waals surface area contributed by atoms with E-state index in [0.29, 0.717) is 11.6 Å². The van der Waals surface area contributed by atoms with Crippen molar-refractivity contribution < 1.29 is 14.7 Å². The smallest absolute Gasteiger partial charge is 0.335 e. The Labute approximate surface area is 104 Å². The number of hydrogen-bond acceptors (Lipinski definition) is 4. The van der Waals surface area contributed by atoms with Gasteiger partial charge >= 0.3 is 5.97 Å². The number of aromatic carboxylic acids is 1. The number of carbonyl (C=O) groups excluding carboxylic acids is 1. The maximum absolute atomic E-state index is 11.5. The fourth-order valence-electron chi connectivity index (χ4n) is 1.04. The van der Waals surface area contributed by atoms with E-state index in [1.54, 1.807) is 11.9 Å². The van der Waals surface area contributed by atoms with Gasteiger partial charge in [0.25, 0.3) is 0 Å². The summed E-state index contributed by atoms with van der Waals surface area (Å²) in [6, 6.07) is 2.89. The molecule has 1 amide bonds. The van der Waals surface area contributed by atoms with Crippen LogP contribution in [0.3, 0.4) is 0 Å². The van der Waals surface area contributed by atoms with Crippen LogP contribution < -0.4 is 0 Å². The van der Waals surface area contributed by atoms with E-state index in [1.165, 1.54) is 30.1 Å². The molecule has 0 spiro atoms. The van der Waals surface area contributed by atoms with E-state index in [4.69, 9.17) is 5.11 Å². The first-order chi connectivity index (χ1) is 8.04. The molecule has 1 heterocycles. The molecule has 0 bridgehead atoms. The Morgan fingerprint density at radius 2 is 2.24 bits per heavy atom. The predicted molar refractivity (Wildman–Crippen MR) is 65.2 cm³/mol. The number of carboxylic acid groups (broad SMARTS) is 1. The molecule has 1 N–H and O–H groups in total. The lowest BCUT2D eigenvalue weighted by Gasteiger charge is -2.13. The van der Waals surface area contributed by atoms with Crippen LogP contribution in [0.1, 0.15) is 17.3 Å². The number of amides is 1. The third-order valence-electron chi connectivity index (χ3n) is 2.23.